The normalized spacial score (nSPS) is 23.7. The molecule has 1 saturated heterocycles. The fourth-order valence-corrected chi connectivity index (χ4v) is 4.16. The van der Waals surface area contributed by atoms with Gasteiger partial charge in [-0.25, -0.2) is 4.79 Å². The summed E-state index contributed by atoms with van der Waals surface area (Å²) in [6, 6.07) is 5.70. The SMILES string of the molecule is CC(=O)O[C@@H](C)[C@@H]1O[C@@H](n2cc(C)c(=O)[nH]c2=O)C[C@@H]1N1C(=O)c2ccccc2C1=O. The van der Waals surface area contributed by atoms with Crippen LogP contribution in [0.1, 0.15) is 52.8 Å². The van der Waals surface area contributed by atoms with Crippen LogP contribution in [-0.4, -0.2) is 50.5 Å². The molecule has 1 aromatic heterocycles. The number of amides is 2. The number of hydrogen-bond donors (Lipinski definition) is 1. The first-order valence-corrected chi connectivity index (χ1v) is 9.80. The van der Waals surface area contributed by atoms with Gasteiger partial charge in [-0.3, -0.25) is 33.6 Å². The van der Waals surface area contributed by atoms with Crippen LogP contribution >= 0.6 is 0 Å². The van der Waals surface area contributed by atoms with Gasteiger partial charge in [0.2, 0.25) is 0 Å². The fraction of sp³-hybridized carbons (Fsp3) is 0.381. The molecule has 1 fully saturated rings. The van der Waals surface area contributed by atoms with Gasteiger partial charge in [-0.15, -0.1) is 0 Å². The van der Waals surface area contributed by atoms with Crippen molar-refractivity contribution in [2.75, 3.05) is 0 Å². The molecule has 2 amide bonds. The number of rotatable bonds is 4. The summed E-state index contributed by atoms with van der Waals surface area (Å²) in [5, 5.41) is 0. The van der Waals surface area contributed by atoms with Crippen LogP contribution in [0.5, 0.6) is 0 Å². The molecule has 31 heavy (non-hydrogen) atoms. The van der Waals surface area contributed by atoms with Crippen molar-refractivity contribution in [3.8, 4) is 0 Å². The quantitative estimate of drug-likeness (QED) is 0.563. The summed E-state index contributed by atoms with van der Waals surface area (Å²) < 4.78 is 12.5. The van der Waals surface area contributed by atoms with E-state index in [0.717, 1.165) is 4.90 Å². The number of benzene rings is 1. The highest BCUT2D eigenvalue weighted by atomic mass is 16.6. The van der Waals surface area contributed by atoms with Crippen LogP contribution in [-0.2, 0) is 14.3 Å². The second kappa shape index (κ2) is 7.62. The summed E-state index contributed by atoms with van der Waals surface area (Å²) in [7, 11) is 0. The lowest BCUT2D eigenvalue weighted by Crippen LogP contribution is -2.48. The van der Waals surface area contributed by atoms with Crippen LogP contribution in [0.15, 0.2) is 40.1 Å². The Labute approximate surface area is 176 Å². The van der Waals surface area contributed by atoms with Gasteiger partial charge < -0.3 is 9.47 Å². The molecule has 2 aliphatic heterocycles. The number of carbonyl (C=O) groups excluding carboxylic acids is 3. The minimum Gasteiger partial charge on any atom is -0.460 e. The second-order valence-electron chi connectivity index (χ2n) is 7.68. The molecular weight excluding hydrogens is 406 g/mol. The largest absolute Gasteiger partial charge is 0.460 e. The molecule has 0 saturated carbocycles. The summed E-state index contributed by atoms with van der Waals surface area (Å²) in [4.78, 5) is 65.0. The van der Waals surface area contributed by atoms with Crippen molar-refractivity contribution < 1.29 is 23.9 Å². The van der Waals surface area contributed by atoms with Crippen molar-refractivity contribution in [2.24, 2.45) is 0 Å². The predicted octanol–water partition coefficient (Wildman–Crippen LogP) is 0.749. The Bertz CT molecular complexity index is 1160. The van der Waals surface area contributed by atoms with E-state index in [-0.39, 0.29) is 17.5 Å². The molecule has 0 bridgehead atoms. The van der Waals surface area contributed by atoms with Crippen molar-refractivity contribution >= 4 is 17.8 Å². The maximum absolute atomic E-state index is 13.0. The molecule has 4 rings (SSSR count). The van der Waals surface area contributed by atoms with E-state index in [1.54, 1.807) is 38.1 Å². The molecule has 0 unspecified atom stereocenters. The van der Waals surface area contributed by atoms with Crippen molar-refractivity contribution in [1.82, 2.24) is 14.5 Å². The number of aromatic nitrogens is 2. The molecule has 0 spiro atoms. The van der Waals surface area contributed by atoms with Crippen LogP contribution in [0.4, 0.5) is 0 Å². The zero-order valence-electron chi connectivity index (χ0n) is 17.2. The van der Waals surface area contributed by atoms with Crippen LogP contribution in [0, 0.1) is 6.92 Å². The van der Waals surface area contributed by atoms with Gasteiger partial charge in [0.15, 0.2) is 0 Å². The Hall–Kier alpha value is -3.53. The first-order chi connectivity index (χ1) is 14.7. The standard InChI is InChI=1S/C21H21N3O7/c1-10-9-23(21(29)22-18(10)26)16-8-15(17(31-16)11(2)30-12(3)25)24-19(27)13-6-4-5-7-14(13)20(24)28/h4-7,9,11,15-17H,8H2,1-3H3,(H,22,26,29)/t11-,15-,16+,17-/m0/s1. The number of carbonyl (C=O) groups is 3. The van der Waals surface area contributed by atoms with E-state index in [9.17, 15) is 24.0 Å². The summed E-state index contributed by atoms with van der Waals surface area (Å²) in [6.07, 6.45) is -1.08. The van der Waals surface area contributed by atoms with E-state index in [4.69, 9.17) is 9.47 Å². The highest BCUT2D eigenvalue weighted by Gasteiger charge is 2.50. The summed E-state index contributed by atoms with van der Waals surface area (Å²) in [5.74, 6) is -1.49. The van der Waals surface area contributed by atoms with Crippen LogP contribution in [0.2, 0.25) is 0 Å². The van der Waals surface area contributed by atoms with Gasteiger partial charge in [0.05, 0.1) is 17.2 Å². The fourth-order valence-electron chi connectivity index (χ4n) is 4.16. The topological polar surface area (TPSA) is 128 Å². The van der Waals surface area contributed by atoms with Crippen LogP contribution in [0.25, 0.3) is 0 Å². The molecule has 1 N–H and O–H groups in total. The van der Waals surface area contributed by atoms with E-state index < -0.39 is 53.5 Å². The maximum atomic E-state index is 13.0. The minimum absolute atomic E-state index is 0.0904. The van der Waals surface area contributed by atoms with Gasteiger partial charge in [-0.2, -0.15) is 0 Å². The second-order valence-corrected chi connectivity index (χ2v) is 7.68. The Morgan fingerprint density at radius 3 is 2.35 bits per heavy atom. The number of aryl methyl sites for hydroxylation is 1. The summed E-state index contributed by atoms with van der Waals surface area (Å²) in [6.45, 7) is 4.39. The van der Waals surface area contributed by atoms with Crippen LogP contribution in [0.3, 0.4) is 0 Å². The van der Waals surface area contributed by atoms with E-state index in [1.165, 1.54) is 17.7 Å². The minimum atomic E-state index is -0.875. The highest BCUT2D eigenvalue weighted by molar-refractivity contribution is 6.21. The smallest absolute Gasteiger partial charge is 0.330 e. The Balaban J connectivity index is 1.73. The highest BCUT2D eigenvalue weighted by Crippen LogP contribution is 2.37. The number of imide groups is 1. The number of aromatic amines is 1. The Kier molecular flexibility index (Phi) is 5.10. The first-order valence-electron chi connectivity index (χ1n) is 9.80. The summed E-state index contributed by atoms with van der Waals surface area (Å²) in [5.41, 5.74) is -0.320. The van der Waals surface area contributed by atoms with Crippen LogP contribution < -0.4 is 11.2 Å². The van der Waals surface area contributed by atoms with Crippen molar-refractivity contribution in [3.05, 3.63) is 68.0 Å². The lowest BCUT2D eigenvalue weighted by molar-refractivity contribution is -0.155. The average molecular weight is 427 g/mol. The monoisotopic (exact) mass is 427 g/mol. The predicted molar refractivity (Wildman–Crippen MR) is 107 cm³/mol. The van der Waals surface area contributed by atoms with Gasteiger partial charge in [-0.05, 0) is 26.0 Å². The Morgan fingerprint density at radius 2 is 1.77 bits per heavy atom. The maximum Gasteiger partial charge on any atom is 0.330 e. The third kappa shape index (κ3) is 3.48. The first kappa shape index (κ1) is 20.7. The van der Waals surface area contributed by atoms with E-state index >= 15 is 0 Å². The van der Waals surface area contributed by atoms with E-state index in [2.05, 4.69) is 4.98 Å². The van der Waals surface area contributed by atoms with Crippen molar-refractivity contribution in [3.63, 3.8) is 0 Å². The number of hydrogen-bond acceptors (Lipinski definition) is 7. The lowest BCUT2D eigenvalue weighted by Gasteiger charge is -2.29. The molecular formula is C21H21N3O7. The van der Waals surface area contributed by atoms with Gasteiger partial charge >= 0.3 is 11.7 Å². The molecule has 2 aliphatic rings. The number of H-pyrrole nitrogens is 1. The molecule has 3 heterocycles. The average Bonchev–Trinajstić information content (AvgIpc) is 3.24. The third-order valence-corrected chi connectivity index (χ3v) is 5.56. The molecule has 10 nitrogen and oxygen atoms in total. The van der Waals surface area contributed by atoms with Gasteiger partial charge in [0.25, 0.3) is 17.4 Å². The zero-order chi connectivity index (χ0) is 22.4. The number of nitrogens with zero attached hydrogens (tertiary/aromatic N) is 2. The molecule has 2 aromatic rings. The Morgan fingerprint density at radius 1 is 1.16 bits per heavy atom. The van der Waals surface area contributed by atoms with Crippen molar-refractivity contribution in [1.29, 1.82) is 0 Å². The van der Waals surface area contributed by atoms with Gasteiger partial charge in [-0.1, -0.05) is 12.1 Å². The van der Waals surface area contributed by atoms with E-state index in [1.807, 2.05) is 0 Å². The number of fused-ring (bicyclic) bond motifs is 1. The molecule has 0 radical (unpaired) electrons. The lowest BCUT2D eigenvalue weighted by atomic mass is 10.0. The zero-order valence-corrected chi connectivity index (χ0v) is 17.2. The summed E-state index contributed by atoms with van der Waals surface area (Å²) >= 11 is 0. The number of ether oxygens (including phenoxy) is 2. The number of nitrogens with one attached hydrogen (secondary N) is 1. The molecule has 1 aromatic carbocycles. The number of esters is 1. The third-order valence-electron chi connectivity index (χ3n) is 5.56. The van der Waals surface area contributed by atoms with Gasteiger partial charge in [0, 0.05) is 25.1 Å². The molecule has 10 heteroatoms. The van der Waals surface area contributed by atoms with Crippen molar-refractivity contribution in [2.45, 2.75) is 51.7 Å². The molecule has 162 valence electrons. The van der Waals surface area contributed by atoms with E-state index in [0.29, 0.717) is 5.56 Å². The molecule has 4 atom stereocenters. The van der Waals surface area contributed by atoms with Gasteiger partial charge in [0.1, 0.15) is 18.4 Å². The molecule has 0 aliphatic carbocycles.